The van der Waals surface area contributed by atoms with Crippen molar-refractivity contribution in [2.24, 2.45) is 11.8 Å². The summed E-state index contributed by atoms with van der Waals surface area (Å²) in [5, 5.41) is 5.01. The van der Waals surface area contributed by atoms with Crippen molar-refractivity contribution >= 4 is 55.2 Å². The summed E-state index contributed by atoms with van der Waals surface area (Å²) in [7, 11) is 7.84. The van der Waals surface area contributed by atoms with E-state index in [2.05, 4.69) is 116 Å². The molecule has 0 aromatic heterocycles. The van der Waals surface area contributed by atoms with Gasteiger partial charge in [-0.2, -0.15) is 0 Å². The molecule has 1 saturated carbocycles. The summed E-state index contributed by atoms with van der Waals surface area (Å²) in [5.74, 6) is 1.21. The van der Waals surface area contributed by atoms with Crippen LogP contribution in [0, 0.1) is 33.1 Å². The topological polar surface area (TPSA) is 17.3 Å². The van der Waals surface area contributed by atoms with E-state index < -0.39 is 25.3 Å². The van der Waals surface area contributed by atoms with Crippen molar-refractivity contribution in [2.45, 2.75) is 45.3 Å². The summed E-state index contributed by atoms with van der Waals surface area (Å²) >= 11 is -0.556. The van der Waals surface area contributed by atoms with Crippen LogP contribution in [-0.4, -0.2) is 8.24 Å². The number of aryl methyl sites for hydroxylation is 2. The van der Waals surface area contributed by atoms with Crippen molar-refractivity contribution in [3.63, 3.8) is 0 Å². The zero-order valence-corrected chi connectivity index (χ0v) is 27.0. The number of nitrogens with zero attached hydrogens (tertiary/aromatic N) is 2. The molecule has 3 aliphatic rings. The molecule has 1 fully saturated rings. The summed E-state index contributed by atoms with van der Waals surface area (Å²) in [6.45, 7) is 9.61. The molecule has 2 nitrogen and oxygen atoms in total. The molecule has 38 heavy (non-hydrogen) atoms. The van der Waals surface area contributed by atoms with E-state index in [0.717, 1.165) is 11.4 Å². The van der Waals surface area contributed by atoms with E-state index in [1.807, 2.05) is 0 Å². The number of benzene rings is 3. The standard InChI is InChI=1S/C31H33N2Si.CH3.2ClH.Ti/c1-21-18-22(2)20-23(19-21)24-10-9-11-26-25(24)16-17-31(26)34(3,4)33-29-14-7-5-12-27(29)32-28-13-6-8-15-30(28)33;;;;/h5-15,18-20,25-26,31H,16-17H2,1-4H3;1H3;2*1H;/q2*-1;;;+2/p-2/t25-,26+,31?;;;;/m1..../s1. The molecule has 6 heteroatoms. The van der Waals surface area contributed by atoms with Crippen LogP contribution in [-0.2, 0) is 17.0 Å². The average molecular weight is 596 g/mol. The van der Waals surface area contributed by atoms with Gasteiger partial charge in [0.25, 0.3) is 0 Å². The van der Waals surface area contributed by atoms with Crippen LogP contribution in [0.25, 0.3) is 10.9 Å². The quantitative estimate of drug-likeness (QED) is 0.218. The summed E-state index contributed by atoms with van der Waals surface area (Å²) < 4.78 is 2.72. The van der Waals surface area contributed by atoms with Gasteiger partial charge in [0.15, 0.2) is 8.24 Å². The van der Waals surface area contributed by atoms with E-state index in [-0.39, 0.29) is 7.43 Å². The van der Waals surface area contributed by atoms with E-state index in [1.54, 1.807) is 5.57 Å². The Morgan fingerprint density at radius 1 is 0.868 bits per heavy atom. The second-order valence-electron chi connectivity index (χ2n) is 10.9. The van der Waals surface area contributed by atoms with Crippen LogP contribution in [0.5, 0.6) is 0 Å². The number of rotatable bonds is 3. The van der Waals surface area contributed by atoms with Crippen LogP contribution in [0.3, 0.4) is 0 Å². The van der Waals surface area contributed by atoms with Gasteiger partial charge in [-0.3, -0.25) is 0 Å². The molecule has 2 aliphatic carbocycles. The first-order chi connectivity index (χ1) is 17.8. The number of halogens is 2. The van der Waals surface area contributed by atoms with Crippen molar-refractivity contribution in [3.05, 3.63) is 114 Å². The van der Waals surface area contributed by atoms with Gasteiger partial charge in [-0.15, -0.1) is 11.4 Å². The van der Waals surface area contributed by atoms with E-state index in [1.165, 1.54) is 40.9 Å². The summed E-state index contributed by atoms with van der Waals surface area (Å²) in [6.07, 6.45) is 9.81. The van der Waals surface area contributed by atoms with Crippen LogP contribution in [0.4, 0.5) is 22.7 Å². The van der Waals surface area contributed by atoms with Crippen molar-refractivity contribution in [1.29, 1.82) is 0 Å². The van der Waals surface area contributed by atoms with Crippen LogP contribution in [0.15, 0.2) is 85.0 Å². The maximum atomic E-state index is 5.01. The van der Waals surface area contributed by atoms with E-state index in [0.29, 0.717) is 17.4 Å². The first kappa shape index (κ1) is 29.2. The number of hydrogen-bond donors (Lipinski definition) is 0. The third-order valence-corrected chi connectivity index (χ3v) is 12.4. The normalized spacial score (nSPS) is 20.9. The number of anilines is 2. The Kier molecular flexibility index (Phi) is 9.38. The second-order valence-corrected chi connectivity index (χ2v) is 18.0. The van der Waals surface area contributed by atoms with Crippen LogP contribution in [0.2, 0.25) is 18.6 Å². The third kappa shape index (κ3) is 5.46. The molecular formula is C32H36Cl2N2SiTi-2. The maximum absolute atomic E-state index is 5.01. The zero-order chi connectivity index (χ0) is 26.2. The molecule has 0 saturated heterocycles. The number of hydrogen-bond acceptors (Lipinski definition) is 1. The molecule has 3 aromatic carbocycles. The summed E-state index contributed by atoms with van der Waals surface area (Å²) in [4.78, 5) is 0. The molecule has 0 radical (unpaired) electrons. The number of fused-ring (bicyclic) bond motifs is 3. The van der Waals surface area contributed by atoms with Gasteiger partial charge in [-0.1, -0.05) is 97.0 Å². The Labute approximate surface area is 246 Å². The van der Waals surface area contributed by atoms with Crippen molar-refractivity contribution in [2.75, 3.05) is 4.57 Å². The fourth-order valence-corrected chi connectivity index (χ4v) is 11.0. The zero-order valence-electron chi connectivity index (χ0n) is 22.9. The van der Waals surface area contributed by atoms with Crippen molar-refractivity contribution in [3.8, 4) is 0 Å². The van der Waals surface area contributed by atoms with Gasteiger partial charge in [0.05, 0.1) is 0 Å². The van der Waals surface area contributed by atoms with Gasteiger partial charge in [0.2, 0.25) is 0 Å². The molecular weight excluding hydrogens is 559 g/mol. The van der Waals surface area contributed by atoms with Gasteiger partial charge >= 0.3 is 35.6 Å². The van der Waals surface area contributed by atoms with E-state index >= 15 is 0 Å². The Balaban J connectivity index is 0.000000804. The Bertz CT molecular complexity index is 1290. The van der Waals surface area contributed by atoms with E-state index in [4.69, 9.17) is 23.9 Å². The van der Waals surface area contributed by atoms with Crippen LogP contribution in [0.1, 0.15) is 29.5 Å². The molecule has 3 atom stereocenters. The molecule has 0 N–H and O–H groups in total. The van der Waals surface area contributed by atoms with Gasteiger partial charge in [-0.25, -0.2) is 0 Å². The van der Waals surface area contributed by atoms with Crippen molar-refractivity contribution < 1.29 is 17.0 Å². The third-order valence-electron chi connectivity index (χ3n) is 8.25. The Morgan fingerprint density at radius 2 is 1.42 bits per heavy atom. The van der Waals surface area contributed by atoms with Gasteiger partial charge in [0.1, 0.15) is 0 Å². The van der Waals surface area contributed by atoms with Gasteiger partial charge < -0.3 is 17.3 Å². The predicted molar refractivity (Wildman–Crippen MR) is 166 cm³/mol. The van der Waals surface area contributed by atoms with Crippen LogP contribution < -0.4 is 4.57 Å². The SMILES string of the molecule is Cc1cc(C)cc(C2=CC=C[C@@H]3C([Si](C)(C)N4c5ccccc5[N-]c5ccccc54)CC[C@H]23)c1.[CH3-].[Cl][Ti][Cl]. The molecule has 0 spiro atoms. The Morgan fingerprint density at radius 3 is 2.00 bits per heavy atom. The fraction of sp³-hybridized carbons (Fsp3) is 0.281. The minimum absolute atomic E-state index is 0. The van der Waals surface area contributed by atoms with Crippen LogP contribution >= 0.6 is 18.6 Å². The monoisotopic (exact) mass is 594 g/mol. The minimum atomic E-state index is -1.94. The second kappa shape index (κ2) is 12.2. The predicted octanol–water partition coefficient (Wildman–Crippen LogP) is 11.2. The average Bonchev–Trinajstić information content (AvgIpc) is 3.32. The molecule has 0 amide bonds. The first-order valence-corrected chi connectivity index (χ1v) is 20.3. The molecule has 0 bridgehead atoms. The summed E-state index contributed by atoms with van der Waals surface area (Å²) in [5.41, 5.74) is 11.1. The molecule has 1 aliphatic heterocycles. The van der Waals surface area contributed by atoms with E-state index in [9.17, 15) is 0 Å². The molecule has 1 heterocycles. The first-order valence-electron chi connectivity index (χ1n) is 13.0. The Hall–Kier alpha value is -1.75. The van der Waals surface area contributed by atoms with Crippen molar-refractivity contribution in [1.82, 2.24) is 0 Å². The molecule has 3 aromatic rings. The molecule has 198 valence electrons. The van der Waals surface area contributed by atoms with Gasteiger partial charge in [0, 0.05) is 11.4 Å². The fourth-order valence-electron chi connectivity index (χ4n) is 6.88. The summed E-state index contributed by atoms with van der Waals surface area (Å²) in [6, 6.07) is 24.5. The number of para-hydroxylation sites is 4. The number of allylic oxidation sites excluding steroid dienone is 4. The molecule has 6 rings (SSSR count). The van der Waals surface area contributed by atoms with Gasteiger partial charge in [-0.05, 0) is 67.3 Å². The molecule has 1 unspecified atom stereocenters.